The minimum atomic E-state index is 0. The van der Waals surface area contributed by atoms with E-state index in [1.165, 1.54) is 0 Å². The SMILES string of the molecule is COc1ccc([N+]#N)cc1.O.[Cl-]. The minimum Gasteiger partial charge on any atom is -1.00 e. The number of halogens is 1. The first kappa shape index (κ1) is 13.3. The number of diazo groups is 1. The average molecular weight is 189 g/mol. The zero-order valence-corrected chi connectivity index (χ0v) is 7.25. The van der Waals surface area contributed by atoms with Gasteiger partial charge in [0.05, 0.1) is 7.11 Å². The van der Waals surface area contributed by atoms with E-state index >= 15 is 0 Å². The van der Waals surface area contributed by atoms with Crippen LogP contribution >= 0.6 is 0 Å². The Labute approximate surface area is 76.5 Å². The lowest BCUT2D eigenvalue weighted by molar-refractivity contribution is -0.00000380. The van der Waals surface area contributed by atoms with Crippen LogP contribution in [0.25, 0.3) is 4.98 Å². The highest BCUT2D eigenvalue weighted by Gasteiger charge is 2.01. The molecule has 1 rings (SSSR count). The van der Waals surface area contributed by atoms with E-state index in [9.17, 15) is 0 Å². The summed E-state index contributed by atoms with van der Waals surface area (Å²) >= 11 is 0. The van der Waals surface area contributed by atoms with Gasteiger partial charge in [0.2, 0.25) is 5.39 Å². The van der Waals surface area contributed by atoms with Gasteiger partial charge in [-0.15, -0.1) is 0 Å². The monoisotopic (exact) mass is 188 g/mol. The highest BCUT2D eigenvalue weighted by Crippen LogP contribution is 2.16. The second-order valence-corrected chi connectivity index (χ2v) is 1.80. The standard InChI is InChI=1S/C7H7N2O.ClH.H2O/c1-10-7-4-2-6(9-8)3-5-7;;/h2-5H,1H3;1H;1H2/q+1;;/p-1. The molecule has 12 heavy (non-hydrogen) atoms. The van der Waals surface area contributed by atoms with Crippen molar-refractivity contribution >= 4 is 5.69 Å². The summed E-state index contributed by atoms with van der Waals surface area (Å²) in [6.45, 7) is 0. The van der Waals surface area contributed by atoms with Crippen molar-refractivity contribution in [2.24, 2.45) is 0 Å². The van der Waals surface area contributed by atoms with Gasteiger partial charge in [0.1, 0.15) is 5.75 Å². The molecule has 0 fully saturated rings. The molecule has 0 radical (unpaired) electrons. The maximum atomic E-state index is 8.29. The van der Waals surface area contributed by atoms with Crippen molar-refractivity contribution in [1.82, 2.24) is 0 Å². The van der Waals surface area contributed by atoms with Crippen molar-refractivity contribution < 1.29 is 22.6 Å². The molecule has 2 N–H and O–H groups in total. The fraction of sp³-hybridized carbons (Fsp3) is 0.143. The maximum absolute atomic E-state index is 8.29. The fourth-order valence-electron chi connectivity index (χ4n) is 0.649. The van der Waals surface area contributed by atoms with Crippen molar-refractivity contribution in [2.45, 2.75) is 0 Å². The lowest BCUT2D eigenvalue weighted by Gasteiger charge is -1.93. The Morgan fingerprint density at radius 3 is 2.08 bits per heavy atom. The van der Waals surface area contributed by atoms with Gasteiger partial charge in [0, 0.05) is 12.1 Å². The number of hydrogen-bond acceptors (Lipinski definition) is 2. The molecule has 0 amide bonds. The maximum Gasteiger partial charge on any atom is 0.385 e. The number of hydrogen-bond donors (Lipinski definition) is 0. The molecule has 0 unspecified atom stereocenters. The molecular weight excluding hydrogens is 180 g/mol. The van der Waals surface area contributed by atoms with Crippen LogP contribution in [-0.2, 0) is 0 Å². The van der Waals surface area contributed by atoms with Crippen LogP contribution in [0.1, 0.15) is 0 Å². The number of benzene rings is 1. The topological polar surface area (TPSA) is 68.9 Å². The Bertz CT molecular complexity index is 255. The Morgan fingerprint density at radius 1 is 1.25 bits per heavy atom. The van der Waals surface area contributed by atoms with Gasteiger partial charge < -0.3 is 22.6 Å². The van der Waals surface area contributed by atoms with Crippen molar-refractivity contribution in [2.75, 3.05) is 7.11 Å². The van der Waals surface area contributed by atoms with E-state index in [4.69, 9.17) is 10.1 Å². The highest BCUT2D eigenvalue weighted by molar-refractivity contribution is 5.46. The molecule has 0 aliphatic heterocycles. The summed E-state index contributed by atoms with van der Waals surface area (Å²) in [5, 5.41) is 8.29. The molecule has 0 bridgehead atoms. The molecule has 1 aromatic rings. The van der Waals surface area contributed by atoms with Crippen molar-refractivity contribution in [1.29, 1.82) is 5.39 Å². The van der Waals surface area contributed by atoms with Crippen LogP contribution in [0, 0.1) is 5.39 Å². The third kappa shape index (κ3) is 3.19. The Morgan fingerprint density at radius 2 is 1.75 bits per heavy atom. The van der Waals surface area contributed by atoms with E-state index in [0.717, 1.165) is 5.75 Å². The number of rotatable bonds is 1. The van der Waals surface area contributed by atoms with Gasteiger partial charge in [0.15, 0.2) is 4.98 Å². The Balaban J connectivity index is 0. The lowest BCUT2D eigenvalue weighted by Crippen LogP contribution is -3.00. The summed E-state index contributed by atoms with van der Waals surface area (Å²) in [7, 11) is 1.59. The first-order chi connectivity index (χ1) is 4.86. The zero-order valence-electron chi connectivity index (χ0n) is 6.49. The molecule has 0 aliphatic carbocycles. The van der Waals surface area contributed by atoms with Gasteiger partial charge in [-0.2, -0.15) is 0 Å². The third-order valence-electron chi connectivity index (χ3n) is 1.19. The van der Waals surface area contributed by atoms with Crippen LogP contribution in [0.5, 0.6) is 5.75 Å². The van der Waals surface area contributed by atoms with Crippen molar-refractivity contribution in [3.05, 3.63) is 29.2 Å². The summed E-state index contributed by atoms with van der Waals surface area (Å²) in [6, 6.07) is 6.79. The average Bonchev–Trinajstić information content (AvgIpc) is 2.05. The molecule has 0 saturated heterocycles. The largest absolute Gasteiger partial charge is 1.00 e. The summed E-state index contributed by atoms with van der Waals surface area (Å²) in [4.78, 5) is 2.99. The van der Waals surface area contributed by atoms with Gasteiger partial charge in [-0.3, -0.25) is 0 Å². The second kappa shape index (κ2) is 6.40. The number of nitrogens with zero attached hydrogens (tertiary/aromatic N) is 2. The molecular formula is C7H9ClN2O2. The second-order valence-electron chi connectivity index (χ2n) is 1.80. The molecule has 0 saturated carbocycles. The van der Waals surface area contributed by atoms with Gasteiger partial charge >= 0.3 is 5.69 Å². The van der Waals surface area contributed by atoms with Gasteiger partial charge in [-0.25, -0.2) is 0 Å². The molecule has 1 aromatic carbocycles. The predicted molar refractivity (Wildman–Crippen MR) is 41.4 cm³/mol. The van der Waals surface area contributed by atoms with E-state index in [1.54, 1.807) is 31.4 Å². The summed E-state index contributed by atoms with van der Waals surface area (Å²) < 4.78 is 4.89. The molecule has 0 spiro atoms. The molecule has 5 heteroatoms. The first-order valence-corrected chi connectivity index (χ1v) is 2.86. The van der Waals surface area contributed by atoms with E-state index in [1.807, 2.05) is 0 Å². The summed E-state index contributed by atoms with van der Waals surface area (Å²) in [6.07, 6.45) is 0. The molecule has 4 nitrogen and oxygen atoms in total. The molecule has 0 heterocycles. The van der Waals surface area contributed by atoms with E-state index in [-0.39, 0.29) is 17.9 Å². The highest BCUT2D eigenvalue weighted by atomic mass is 35.5. The summed E-state index contributed by atoms with van der Waals surface area (Å²) in [5.74, 6) is 0.757. The van der Waals surface area contributed by atoms with Crippen molar-refractivity contribution in [3.63, 3.8) is 0 Å². The Kier molecular flexibility index (Phi) is 7.09. The van der Waals surface area contributed by atoms with Gasteiger partial charge in [-0.05, 0) is 12.1 Å². The van der Waals surface area contributed by atoms with Crippen molar-refractivity contribution in [3.8, 4) is 5.75 Å². The van der Waals surface area contributed by atoms with Crippen LogP contribution in [0.3, 0.4) is 0 Å². The predicted octanol–water partition coefficient (Wildman–Crippen LogP) is -1.64. The van der Waals surface area contributed by atoms with Crippen LogP contribution in [-0.4, -0.2) is 12.6 Å². The number of methoxy groups -OCH3 is 1. The Hall–Kier alpha value is -1.31. The lowest BCUT2D eigenvalue weighted by atomic mass is 10.3. The van der Waals surface area contributed by atoms with Crippen LogP contribution in [0.15, 0.2) is 24.3 Å². The van der Waals surface area contributed by atoms with Gasteiger partial charge in [-0.1, -0.05) is 0 Å². The third-order valence-corrected chi connectivity index (χ3v) is 1.19. The fourth-order valence-corrected chi connectivity index (χ4v) is 0.649. The normalized spacial score (nSPS) is 7.00. The van der Waals surface area contributed by atoms with Gasteiger partial charge in [0.25, 0.3) is 0 Å². The molecule has 0 aromatic heterocycles. The smallest absolute Gasteiger partial charge is 0.385 e. The summed E-state index contributed by atoms with van der Waals surface area (Å²) in [5.41, 5.74) is 0.529. The molecule has 0 aliphatic rings. The van der Waals surface area contributed by atoms with E-state index < -0.39 is 0 Å². The van der Waals surface area contributed by atoms with E-state index in [0.29, 0.717) is 5.69 Å². The minimum absolute atomic E-state index is 0. The number of ether oxygens (including phenoxy) is 1. The zero-order chi connectivity index (χ0) is 7.40. The van der Waals surface area contributed by atoms with Crippen LogP contribution in [0.4, 0.5) is 5.69 Å². The first-order valence-electron chi connectivity index (χ1n) is 2.86. The molecule has 66 valence electrons. The van der Waals surface area contributed by atoms with Crippen LogP contribution in [0.2, 0.25) is 0 Å². The quantitative estimate of drug-likeness (QED) is 0.496. The van der Waals surface area contributed by atoms with Crippen LogP contribution < -0.4 is 17.1 Å². The molecule has 0 atom stereocenters. The van der Waals surface area contributed by atoms with E-state index in [2.05, 4.69) is 4.98 Å².